The second kappa shape index (κ2) is 7.12. The number of rotatable bonds is 6. The Bertz CT molecular complexity index is 869. The lowest BCUT2D eigenvalue weighted by Crippen LogP contribution is -2.24. The van der Waals surface area contributed by atoms with Crippen LogP contribution in [0.4, 0.5) is 0 Å². The van der Waals surface area contributed by atoms with E-state index in [2.05, 4.69) is 43.4 Å². The van der Waals surface area contributed by atoms with Gasteiger partial charge in [0.2, 0.25) is 0 Å². The van der Waals surface area contributed by atoms with Crippen LogP contribution in [0.3, 0.4) is 0 Å². The molecule has 0 aliphatic rings. The van der Waals surface area contributed by atoms with E-state index in [1.807, 2.05) is 23.9 Å². The maximum Gasteiger partial charge on any atom is 0.271 e. The Kier molecular flexibility index (Phi) is 4.94. The molecule has 0 spiro atoms. The maximum atomic E-state index is 12.2. The van der Waals surface area contributed by atoms with Crippen molar-refractivity contribution in [3.05, 3.63) is 34.7 Å². The average Bonchev–Trinajstić information content (AvgIpc) is 3.18. The van der Waals surface area contributed by atoms with Crippen molar-refractivity contribution in [2.45, 2.75) is 33.2 Å². The minimum Gasteiger partial charge on any atom is -0.351 e. The van der Waals surface area contributed by atoms with Crippen LogP contribution in [0.25, 0.3) is 17.0 Å². The molecule has 0 aliphatic carbocycles. The predicted octanol–water partition coefficient (Wildman–Crippen LogP) is 2.91. The van der Waals surface area contributed by atoms with Crippen molar-refractivity contribution in [2.24, 2.45) is 0 Å². The Morgan fingerprint density at radius 2 is 2.17 bits per heavy atom. The number of amides is 1. The molecule has 1 N–H and O–H groups in total. The Morgan fingerprint density at radius 1 is 1.33 bits per heavy atom. The maximum absolute atomic E-state index is 12.2. The molecule has 0 aliphatic heterocycles. The molecule has 0 saturated carbocycles. The zero-order valence-electron chi connectivity index (χ0n) is 13.7. The first-order valence-electron chi connectivity index (χ1n) is 8.00. The van der Waals surface area contributed by atoms with Gasteiger partial charge in [0.15, 0.2) is 11.3 Å². The van der Waals surface area contributed by atoms with Gasteiger partial charge in [-0.3, -0.25) is 9.48 Å². The molecule has 8 heteroatoms. The van der Waals surface area contributed by atoms with Crippen LogP contribution in [-0.4, -0.2) is 36.8 Å². The highest BCUT2D eigenvalue weighted by Gasteiger charge is 2.16. The van der Waals surface area contributed by atoms with Gasteiger partial charge < -0.3 is 5.32 Å². The number of hydrogen-bond donors (Lipinski definition) is 1. The molecule has 0 radical (unpaired) electrons. The van der Waals surface area contributed by atoms with Crippen LogP contribution in [0.5, 0.6) is 0 Å². The zero-order chi connectivity index (χ0) is 17.1. The van der Waals surface area contributed by atoms with Crippen molar-refractivity contribution in [2.75, 3.05) is 6.54 Å². The van der Waals surface area contributed by atoms with Crippen molar-refractivity contribution < 1.29 is 4.79 Å². The van der Waals surface area contributed by atoms with E-state index in [-0.39, 0.29) is 5.91 Å². The van der Waals surface area contributed by atoms with E-state index in [1.165, 1.54) is 0 Å². The summed E-state index contributed by atoms with van der Waals surface area (Å²) in [7, 11) is 0. The van der Waals surface area contributed by atoms with Gasteiger partial charge in [-0.05, 0) is 35.3 Å². The van der Waals surface area contributed by atoms with Crippen molar-refractivity contribution in [1.82, 2.24) is 29.7 Å². The van der Waals surface area contributed by atoms with E-state index in [0.29, 0.717) is 17.9 Å². The number of nitrogens with one attached hydrogen (secondary N) is 1. The minimum atomic E-state index is -0.182. The SMILES string of the molecule is CCCCNC(=O)c1cc2nccc(-c3nn(CC)cc3Br)n2n1. The number of fused-ring (bicyclic) bond motifs is 1. The van der Waals surface area contributed by atoms with Crippen LogP contribution in [0.1, 0.15) is 37.2 Å². The van der Waals surface area contributed by atoms with Crippen LogP contribution in [0, 0.1) is 0 Å². The summed E-state index contributed by atoms with van der Waals surface area (Å²) in [5.41, 5.74) is 2.53. The lowest BCUT2D eigenvalue weighted by atomic mass is 10.3. The van der Waals surface area contributed by atoms with Crippen LogP contribution in [0.2, 0.25) is 0 Å². The third kappa shape index (κ3) is 3.19. The molecular weight excluding hydrogens is 372 g/mol. The minimum absolute atomic E-state index is 0.182. The Hall–Kier alpha value is -2.22. The summed E-state index contributed by atoms with van der Waals surface area (Å²) < 4.78 is 4.37. The second-order valence-electron chi connectivity index (χ2n) is 5.42. The topological polar surface area (TPSA) is 77.1 Å². The quantitative estimate of drug-likeness (QED) is 0.656. The Morgan fingerprint density at radius 3 is 2.88 bits per heavy atom. The number of nitrogens with zero attached hydrogens (tertiary/aromatic N) is 5. The summed E-state index contributed by atoms with van der Waals surface area (Å²) in [4.78, 5) is 16.5. The number of aromatic nitrogens is 5. The molecule has 0 atom stereocenters. The summed E-state index contributed by atoms with van der Waals surface area (Å²) in [6.07, 6.45) is 5.60. The second-order valence-corrected chi connectivity index (χ2v) is 6.27. The lowest BCUT2D eigenvalue weighted by molar-refractivity contribution is 0.0948. The molecule has 1 amide bonds. The summed E-state index contributed by atoms with van der Waals surface area (Å²) in [6, 6.07) is 3.53. The molecule has 24 heavy (non-hydrogen) atoms. The van der Waals surface area contributed by atoms with Gasteiger partial charge in [-0.25, -0.2) is 9.50 Å². The average molecular weight is 391 g/mol. The van der Waals surface area contributed by atoms with Crippen molar-refractivity contribution >= 4 is 27.5 Å². The highest BCUT2D eigenvalue weighted by molar-refractivity contribution is 9.10. The first-order chi connectivity index (χ1) is 11.6. The van der Waals surface area contributed by atoms with Crippen molar-refractivity contribution in [3.63, 3.8) is 0 Å². The number of carbonyl (C=O) groups excluding carboxylic acids is 1. The summed E-state index contributed by atoms with van der Waals surface area (Å²) in [5.74, 6) is -0.182. The van der Waals surface area contributed by atoms with Gasteiger partial charge in [0.25, 0.3) is 5.91 Å². The highest BCUT2D eigenvalue weighted by Crippen LogP contribution is 2.26. The molecule has 0 aromatic carbocycles. The number of unbranched alkanes of at least 4 members (excludes halogenated alkanes) is 1. The first-order valence-corrected chi connectivity index (χ1v) is 8.79. The summed E-state index contributed by atoms with van der Waals surface area (Å²) in [5, 5.41) is 11.8. The standard InChI is InChI=1S/C16H19BrN6O/c1-3-5-7-19-16(24)12-9-14-18-8-6-13(23(14)20-12)15-11(17)10-22(4-2)21-15/h6,8-10H,3-5,7H2,1-2H3,(H,19,24). The predicted molar refractivity (Wildman–Crippen MR) is 94.8 cm³/mol. The first kappa shape index (κ1) is 16.6. The largest absolute Gasteiger partial charge is 0.351 e. The van der Waals surface area contributed by atoms with Gasteiger partial charge in [0.1, 0.15) is 5.69 Å². The monoisotopic (exact) mass is 390 g/mol. The smallest absolute Gasteiger partial charge is 0.271 e. The number of hydrogen-bond acceptors (Lipinski definition) is 4. The van der Waals surface area contributed by atoms with Crippen LogP contribution in [0.15, 0.2) is 29.0 Å². The molecule has 0 bridgehead atoms. The molecule has 3 aromatic rings. The summed E-state index contributed by atoms with van der Waals surface area (Å²) in [6.45, 7) is 5.53. The molecular formula is C16H19BrN6O. The van der Waals surface area contributed by atoms with E-state index in [4.69, 9.17) is 0 Å². The normalized spacial score (nSPS) is 11.1. The van der Waals surface area contributed by atoms with Gasteiger partial charge in [-0.1, -0.05) is 13.3 Å². The fourth-order valence-corrected chi connectivity index (χ4v) is 2.91. The summed E-state index contributed by atoms with van der Waals surface area (Å²) >= 11 is 3.53. The molecule has 3 rings (SSSR count). The van der Waals surface area contributed by atoms with E-state index in [9.17, 15) is 4.79 Å². The van der Waals surface area contributed by atoms with E-state index >= 15 is 0 Å². The molecule has 3 heterocycles. The molecule has 0 unspecified atom stereocenters. The van der Waals surface area contributed by atoms with E-state index in [1.54, 1.807) is 16.8 Å². The lowest BCUT2D eigenvalue weighted by Gasteiger charge is -2.02. The van der Waals surface area contributed by atoms with E-state index < -0.39 is 0 Å². The fourth-order valence-electron chi connectivity index (χ4n) is 2.39. The fraction of sp³-hybridized carbons (Fsp3) is 0.375. The molecule has 0 fully saturated rings. The van der Waals surface area contributed by atoms with Gasteiger partial charge in [-0.15, -0.1) is 0 Å². The number of aryl methyl sites for hydroxylation is 1. The van der Waals surface area contributed by atoms with Gasteiger partial charge >= 0.3 is 0 Å². The Balaban J connectivity index is 1.98. The molecule has 0 saturated heterocycles. The third-order valence-electron chi connectivity index (χ3n) is 3.69. The van der Waals surface area contributed by atoms with Crippen molar-refractivity contribution in [3.8, 4) is 11.4 Å². The number of halogens is 1. The van der Waals surface area contributed by atoms with Gasteiger partial charge in [0, 0.05) is 31.5 Å². The van der Waals surface area contributed by atoms with Crippen LogP contribution in [-0.2, 0) is 6.54 Å². The Labute approximate surface area is 148 Å². The van der Waals surface area contributed by atoms with E-state index in [0.717, 1.165) is 35.2 Å². The van der Waals surface area contributed by atoms with Gasteiger partial charge in [0.05, 0.1) is 10.2 Å². The van der Waals surface area contributed by atoms with Crippen LogP contribution >= 0.6 is 15.9 Å². The van der Waals surface area contributed by atoms with Crippen molar-refractivity contribution in [1.29, 1.82) is 0 Å². The van der Waals surface area contributed by atoms with Crippen LogP contribution < -0.4 is 5.32 Å². The number of carbonyl (C=O) groups is 1. The van der Waals surface area contributed by atoms with Gasteiger partial charge in [-0.2, -0.15) is 10.2 Å². The third-order valence-corrected chi connectivity index (χ3v) is 4.27. The zero-order valence-corrected chi connectivity index (χ0v) is 15.2. The highest BCUT2D eigenvalue weighted by atomic mass is 79.9. The molecule has 126 valence electrons. The molecule has 3 aromatic heterocycles. The molecule has 7 nitrogen and oxygen atoms in total.